The molecule has 0 saturated carbocycles. The minimum atomic E-state index is -1.58. The number of ketones is 1. The number of amides is 1. The fourth-order valence-electron chi connectivity index (χ4n) is 4.07. The molecule has 11 nitrogen and oxygen atoms in total. The summed E-state index contributed by atoms with van der Waals surface area (Å²) in [7, 11) is 1.50. The van der Waals surface area contributed by atoms with Gasteiger partial charge in [-0.3, -0.25) is 4.79 Å². The van der Waals surface area contributed by atoms with E-state index < -0.39 is 35.0 Å². The summed E-state index contributed by atoms with van der Waals surface area (Å²) >= 11 is 0. The number of nitrogens with zero attached hydrogens (tertiary/aromatic N) is 3. The zero-order chi connectivity index (χ0) is 30.0. The highest BCUT2D eigenvalue weighted by Gasteiger charge is 2.33. The standard InChI is InChI=1S/C29H33N3O8/c1-28(2,3)40-27(38)31(6)16-21-30-24(29(4,5)39)22(25(34)35)32(21)15-17-11-13-18(14-12-17)19-9-7-8-10-20(19)23(33)26(36)37/h7-14,39H,15-16H2,1-6H3,(H,34,35)(H,36,37). The van der Waals surface area contributed by atoms with E-state index in [4.69, 9.17) is 9.84 Å². The van der Waals surface area contributed by atoms with E-state index in [0.717, 1.165) is 0 Å². The summed E-state index contributed by atoms with van der Waals surface area (Å²) in [5.74, 6) is -3.66. The number of carbonyl (C=O) groups is 4. The molecule has 1 aromatic heterocycles. The number of aliphatic carboxylic acids is 1. The third-order valence-electron chi connectivity index (χ3n) is 5.88. The SMILES string of the molecule is CN(Cc1nc(C(C)(C)O)c(C(=O)O)n1Cc1ccc(-c2ccccc2C(=O)C(=O)O)cc1)C(=O)OC(C)(C)C. The van der Waals surface area contributed by atoms with Crippen molar-refractivity contribution in [3.8, 4) is 11.1 Å². The molecule has 2 aromatic carbocycles. The number of rotatable bonds is 9. The second-order valence-corrected chi connectivity index (χ2v) is 10.9. The molecule has 0 atom stereocenters. The quantitative estimate of drug-likeness (QED) is 0.262. The highest BCUT2D eigenvalue weighted by atomic mass is 16.6. The van der Waals surface area contributed by atoms with Crippen molar-refractivity contribution in [3.05, 3.63) is 76.9 Å². The second-order valence-electron chi connectivity index (χ2n) is 10.9. The van der Waals surface area contributed by atoms with Crippen molar-refractivity contribution in [1.29, 1.82) is 0 Å². The number of hydrogen-bond donors (Lipinski definition) is 3. The molecule has 0 aliphatic carbocycles. The van der Waals surface area contributed by atoms with Gasteiger partial charge in [-0.05, 0) is 51.3 Å². The molecule has 1 amide bonds. The van der Waals surface area contributed by atoms with Crippen molar-refractivity contribution >= 4 is 23.8 Å². The van der Waals surface area contributed by atoms with Crippen LogP contribution in [0.15, 0.2) is 48.5 Å². The molecule has 0 fully saturated rings. The van der Waals surface area contributed by atoms with E-state index in [1.165, 1.54) is 36.4 Å². The molecule has 0 unspecified atom stereocenters. The highest BCUT2D eigenvalue weighted by molar-refractivity contribution is 6.41. The van der Waals surface area contributed by atoms with Gasteiger partial charge in [0.1, 0.15) is 22.7 Å². The fourth-order valence-corrected chi connectivity index (χ4v) is 4.07. The predicted octanol–water partition coefficient (Wildman–Crippen LogP) is 4.16. The van der Waals surface area contributed by atoms with Gasteiger partial charge in [-0.2, -0.15) is 0 Å². The van der Waals surface area contributed by atoms with Crippen LogP contribution in [0.4, 0.5) is 4.79 Å². The molecule has 0 bridgehead atoms. The van der Waals surface area contributed by atoms with Crippen LogP contribution in [0.1, 0.15) is 72.5 Å². The molecule has 0 aliphatic rings. The summed E-state index contributed by atoms with van der Waals surface area (Å²) in [5.41, 5.74) is -0.836. The smallest absolute Gasteiger partial charge is 0.410 e. The third-order valence-corrected chi connectivity index (χ3v) is 5.88. The van der Waals surface area contributed by atoms with E-state index in [1.54, 1.807) is 63.2 Å². The Morgan fingerprint density at radius 2 is 1.55 bits per heavy atom. The number of aromatic nitrogens is 2. The van der Waals surface area contributed by atoms with Crippen LogP contribution < -0.4 is 0 Å². The number of ether oxygens (including phenoxy) is 1. The number of aromatic carboxylic acids is 1. The lowest BCUT2D eigenvalue weighted by Gasteiger charge is -2.24. The van der Waals surface area contributed by atoms with Crippen LogP contribution in [0.25, 0.3) is 11.1 Å². The minimum Gasteiger partial charge on any atom is -0.477 e. The Morgan fingerprint density at radius 3 is 2.08 bits per heavy atom. The van der Waals surface area contributed by atoms with Crippen LogP contribution in [0.3, 0.4) is 0 Å². The minimum absolute atomic E-state index is 0.0399. The Labute approximate surface area is 231 Å². The molecule has 0 saturated heterocycles. The van der Waals surface area contributed by atoms with E-state index in [9.17, 15) is 29.4 Å². The molecule has 3 rings (SSSR count). The highest BCUT2D eigenvalue weighted by Crippen LogP contribution is 2.28. The van der Waals surface area contributed by atoms with Gasteiger partial charge in [-0.1, -0.05) is 48.5 Å². The topological polar surface area (TPSA) is 159 Å². The first-order valence-corrected chi connectivity index (χ1v) is 12.4. The zero-order valence-corrected chi connectivity index (χ0v) is 23.3. The van der Waals surface area contributed by atoms with Crippen molar-refractivity contribution < 1.29 is 39.2 Å². The number of carbonyl (C=O) groups excluding carboxylic acids is 2. The van der Waals surface area contributed by atoms with Crippen LogP contribution in [0.2, 0.25) is 0 Å². The van der Waals surface area contributed by atoms with Gasteiger partial charge in [-0.15, -0.1) is 0 Å². The summed E-state index contributed by atoms with van der Waals surface area (Å²) < 4.78 is 6.83. The van der Waals surface area contributed by atoms with Gasteiger partial charge < -0.3 is 29.5 Å². The first-order valence-electron chi connectivity index (χ1n) is 12.4. The Morgan fingerprint density at radius 1 is 0.950 bits per heavy atom. The number of aliphatic hydroxyl groups is 1. The molecular formula is C29H33N3O8. The van der Waals surface area contributed by atoms with Crippen LogP contribution >= 0.6 is 0 Å². The van der Waals surface area contributed by atoms with Crippen molar-refractivity contribution in [2.45, 2.75) is 58.9 Å². The molecule has 0 aliphatic heterocycles. The summed E-state index contributed by atoms with van der Waals surface area (Å²) in [6, 6.07) is 13.2. The Balaban J connectivity index is 2.02. The molecule has 3 aromatic rings. The lowest BCUT2D eigenvalue weighted by Crippen LogP contribution is -2.34. The number of imidazole rings is 1. The van der Waals surface area contributed by atoms with Gasteiger partial charge in [-0.25, -0.2) is 19.4 Å². The Bertz CT molecular complexity index is 1440. The van der Waals surface area contributed by atoms with Crippen LogP contribution in [0.5, 0.6) is 0 Å². The molecule has 1 heterocycles. The van der Waals surface area contributed by atoms with Gasteiger partial charge in [0.25, 0.3) is 5.78 Å². The first-order chi connectivity index (χ1) is 18.5. The first kappa shape index (κ1) is 30.0. The Hall–Kier alpha value is -4.51. The fraction of sp³-hybridized carbons (Fsp3) is 0.345. The van der Waals surface area contributed by atoms with E-state index >= 15 is 0 Å². The lowest BCUT2D eigenvalue weighted by molar-refractivity contribution is -0.131. The maximum absolute atomic E-state index is 12.6. The maximum Gasteiger partial charge on any atom is 0.410 e. The zero-order valence-electron chi connectivity index (χ0n) is 23.3. The number of benzene rings is 2. The summed E-state index contributed by atoms with van der Waals surface area (Å²) in [5, 5.41) is 29.9. The van der Waals surface area contributed by atoms with Gasteiger partial charge >= 0.3 is 18.0 Å². The molecule has 0 spiro atoms. The van der Waals surface area contributed by atoms with Gasteiger partial charge in [0.2, 0.25) is 0 Å². The maximum atomic E-state index is 12.6. The molecule has 11 heteroatoms. The second kappa shape index (κ2) is 11.3. The number of carboxylic acids is 2. The van der Waals surface area contributed by atoms with Crippen LogP contribution in [0, 0.1) is 0 Å². The van der Waals surface area contributed by atoms with Crippen molar-refractivity contribution in [2.75, 3.05) is 7.05 Å². The molecule has 0 radical (unpaired) electrons. The summed E-state index contributed by atoms with van der Waals surface area (Å²) in [6.07, 6.45) is -0.623. The van der Waals surface area contributed by atoms with Crippen molar-refractivity contribution in [1.82, 2.24) is 14.5 Å². The van der Waals surface area contributed by atoms with E-state index in [0.29, 0.717) is 16.7 Å². The average molecular weight is 552 g/mol. The predicted molar refractivity (Wildman–Crippen MR) is 145 cm³/mol. The van der Waals surface area contributed by atoms with E-state index in [1.807, 2.05) is 0 Å². The number of carboxylic acid groups (broad SMARTS) is 2. The van der Waals surface area contributed by atoms with E-state index in [-0.39, 0.29) is 35.9 Å². The van der Waals surface area contributed by atoms with Crippen LogP contribution in [-0.2, 0) is 28.2 Å². The largest absolute Gasteiger partial charge is 0.477 e. The number of Topliss-reactive ketones (excluding diaryl/α,β-unsaturated/α-hetero) is 1. The molecule has 212 valence electrons. The summed E-state index contributed by atoms with van der Waals surface area (Å²) in [4.78, 5) is 54.0. The molecular weight excluding hydrogens is 518 g/mol. The third kappa shape index (κ3) is 6.92. The Kier molecular flexibility index (Phi) is 8.49. The summed E-state index contributed by atoms with van der Waals surface area (Å²) in [6.45, 7) is 8.00. The van der Waals surface area contributed by atoms with Gasteiger partial charge in [0.15, 0.2) is 5.69 Å². The number of hydrogen-bond acceptors (Lipinski definition) is 7. The van der Waals surface area contributed by atoms with Crippen molar-refractivity contribution in [2.24, 2.45) is 0 Å². The van der Waals surface area contributed by atoms with Gasteiger partial charge in [0, 0.05) is 19.2 Å². The monoisotopic (exact) mass is 551 g/mol. The molecule has 40 heavy (non-hydrogen) atoms. The van der Waals surface area contributed by atoms with E-state index in [2.05, 4.69) is 4.98 Å². The van der Waals surface area contributed by atoms with Crippen LogP contribution in [-0.4, -0.2) is 66.2 Å². The molecule has 3 N–H and O–H groups in total. The normalized spacial score (nSPS) is 11.7. The van der Waals surface area contributed by atoms with Crippen molar-refractivity contribution in [3.63, 3.8) is 0 Å². The lowest BCUT2D eigenvalue weighted by atomic mass is 9.96. The van der Waals surface area contributed by atoms with Gasteiger partial charge in [0.05, 0.1) is 6.54 Å². The average Bonchev–Trinajstić information content (AvgIpc) is 3.21.